The zero-order valence-electron chi connectivity index (χ0n) is 22.2. The summed E-state index contributed by atoms with van der Waals surface area (Å²) in [5.41, 5.74) is 7.59. The minimum Gasteiger partial charge on any atom is -0.342 e. The molecule has 2 saturated heterocycles. The predicted octanol–water partition coefficient (Wildman–Crippen LogP) is 4.31. The minimum atomic E-state index is -0.681. The van der Waals surface area contributed by atoms with Crippen molar-refractivity contribution in [2.24, 2.45) is 11.7 Å². The molecule has 6 nitrogen and oxygen atoms in total. The third-order valence-corrected chi connectivity index (χ3v) is 8.63. The normalized spacial score (nSPS) is 24.1. The molecule has 1 aliphatic carbocycles. The summed E-state index contributed by atoms with van der Waals surface area (Å²) >= 11 is 0. The maximum atomic E-state index is 13.7. The number of likely N-dealkylation sites (tertiary alicyclic amines) is 1. The summed E-state index contributed by atoms with van der Waals surface area (Å²) in [6.45, 7) is 9.39. The van der Waals surface area contributed by atoms with E-state index in [9.17, 15) is 9.59 Å². The van der Waals surface area contributed by atoms with E-state index < -0.39 is 5.54 Å². The molecular formula is C29H46N4O2. The smallest absolute Gasteiger partial charge is 0.246 e. The molecule has 3 aliphatic rings. The van der Waals surface area contributed by atoms with Crippen molar-refractivity contribution < 1.29 is 9.59 Å². The number of carbonyl (C=O) groups excluding carboxylic acids is 2. The van der Waals surface area contributed by atoms with Gasteiger partial charge in [-0.05, 0) is 56.6 Å². The van der Waals surface area contributed by atoms with Crippen LogP contribution in [0.2, 0.25) is 0 Å². The quantitative estimate of drug-likeness (QED) is 0.579. The zero-order chi connectivity index (χ0) is 25.1. The van der Waals surface area contributed by atoms with Gasteiger partial charge >= 0.3 is 0 Å². The van der Waals surface area contributed by atoms with Gasteiger partial charge in [0.1, 0.15) is 11.6 Å². The van der Waals surface area contributed by atoms with Crippen LogP contribution in [0.3, 0.4) is 0 Å². The first-order valence-corrected chi connectivity index (χ1v) is 14.0. The Morgan fingerprint density at radius 2 is 1.71 bits per heavy atom. The standard InChI is InChI=1S/C29H46N4O2/c1-4-5-17-33-26(34)25(20-22-9-7-6-8-10-22)31-27(35)29(33)15-18-32(19-16-29)21-23-11-13-24(14-12-23)28(2,3)30/h11-14,22,25H,4-10,15-21,30H2,1-3H3,(H,31,35)/t25-/m0/s1. The fraction of sp³-hybridized carbons (Fsp3) is 0.724. The molecule has 1 aromatic rings. The molecule has 0 aromatic heterocycles. The number of amides is 2. The second-order valence-electron chi connectivity index (χ2n) is 11.8. The molecule has 1 saturated carbocycles. The Morgan fingerprint density at radius 3 is 2.31 bits per heavy atom. The number of piperidine rings is 1. The second kappa shape index (κ2) is 11.0. The SMILES string of the molecule is CCCCN1C(=O)[C@H](CC2CCCCC2)NC(=O)C12CCN(Cc1ccc(C(C)(C)N)cc1)CC2. The summed E-state index contributed by atoms with van der Waals surface area (Å²) in [5, 5.41) is 3.20. The first kappa shape index (κ1) is 26.2. The van der Waals surface area contributed by atoms with Crippen LogP contribution in [-0.2, 0) is 21.7 Å². The van der Waals surface area contributed by atoms with Crippen LogP contribution >= 0.6 is 0 Å². The minimum absolute atomic E-state index is 0.0863. The zero-order valence-corrected chi connectivity index (χ0v) is 22.2. The Bertz CT molecular complexity index is 862. The van der Waals surface area contributed by atoms with Gasteiger partial charge in [-0.3, -0.25) is 14.5 Å². The molecule has 2 heterocycles. The molecule has 0 bridgehead atoms. The molecule has 0 unspecified atom stereocenters. The summed E-state index contributed by atoms with van der Waals surface area (Å²) in [7, 11) is 0. The number of benzene rings is 1. The van der Waals surface area contributed by atoms with Crippen molar-refractivity contribution in [1.82, 2.24) is 15.1 Å². The Morgan fingerprint density at radius 1 is 1.06 bits per heavy atom. The lowest BCUT2D eigenvalue weighted by Gasteiger charge is -2.52. The number of piperazine rings is 1. The summed E-state index contributed by atoms with van der Waals surface area (Å²) in [5.74, 6) is 0.818. The molecule has 1 aromatic carbocycles. The van der Waals surface area contributed by atoms with Crippen LogP contribution in [0.25, 0.3) is 0 Å². The molecule has 1 spiro atoms. The van der Waals surface area contributed by atoms with E-state index in [2.05, 4.69) is 41.4 Å². The van der Waals surface area contributed by atoms with Gasteiger partial charge in [-0.25, -0.2) is 0 Å². The van der Waals surface area contributed by atoms with E-state index in [1.54, 1.807) is 0 Å². The van der Waals surface area contributed by atoms with E-state index in [-0.39, 0.29) is 23.4 Å². The molecule has 2 aliphatic heterocycles. The molecule has 4 rings (SSSR count). The van der Waals surface area contributed by atoms with Crippen LogP contribution in [0.15, 0.2) is 24.3 Å². The lowest BCUT2D eigenvalue weighted by molar-refractivity contribution is -0.162. The van der Waals surface area contributed by atoms with Crippen LogP contribution < -0.4 is 11.1 Å². The van der Waals surface area contributed by atoms with Crippen molar-refractivity contribution in [2.45, 2.75) is 109 Å². The Labute approximate surface area is 212 Å². The van der Waals surface area contributed by atoms with Crippen LogP contribution in [0.1, 0.15) is 96.1 Å². The molecule has 2 amide bonds. The van der Waals surface area contributed by atoms with E-state index in [0.29, 0.717) is 25.3 Å². The van der Waals surface area contributed by atoms with Gasteiger partial charge in [0, 0.05) is 31.7 Å². The number of nitrogens with zero attached hydrogens (tertiary/aromatic N) is 2. The third kappa shape index (κ3) is 5.91. The number of nitrogens with one attached hydrogen (secondary N) is 1. The maximum absolute atomic E-state index is 13.7. The number of hydrogen-bond acceptors (Lipinski definition) is 4. The van der Waals surface area contributed by atoms with Crippen molar-refractivity contribution in [1.29, 1.82) is 0 Å². The maximum Gasteiger partial charge on any atom is 0.246 e. The Kier molecular flexibility index (Phi) is 8.22. The van der Waals surface area contributed by atoms with E-state index in [4.69, 9.17) is 5.73 Å². The monoisotopic (exact) mass is 482 g/mol. The van der Waals surface area contributed by atoms with Crippen molar-refractivity contribution in [2.75, 3.05) is 19.6 Å². The highest BCUT2D eigenvalue weighted by Crippen LogP contribution is 2.36. The Balaban J connectivity index is 1.41. The summed E-state index contributed by atoms with van der Waals surface area (Å²) < 4.78 is 0. The molecule has 35 heavy (non-hydrogen) atoms. The number of nitrogens with two attached hydrogens (primary N) is 1. The first-order valence-electron chi connectivity index (χ1n) is 14.0. The molecule has 6 heteroatoms. The average molecular weight is 483 g/mol. The van der Waals surface area contributed by atoms with E-state index in [1.807, 2.05) is 18.7 Å². The van der Waals surface area contributed by atoms with Crippen molar-refractivity contribution in [3.63, 3.8) is 0 Å². The first-order chi connectivity index (χ1) is 16.7. The second-order valence-corrected chi connectivity index (χ2v) is 11.8. The van der Waals surface area contributed by atoms with Gasteiger partial charge in [-0.15, -0.1) is 0 Å². The van der Waals surface area contributed by atoms with Gasteiger partial charge in [0.2, 0.25) is 11.8 Å². The highest BCUT2D eigenvalue weighted by atomic mass is 16.2. The third-order valence-electron chi connectivity index (χ3n) is 8.63. The highest BCUT2D eigenvalue weighted by molar-refractivity contribution is 6.00. The lowest BCUT2D eigenvalue weighted by Crippen LogP contribution is -2.73. The van der Waals surface area contributed by atoms with Crippen molar-refractivity contribution in [3.8, 4) is 0 Å². The fourth-order valence-corrected chi connectivity index (χ4v) is 6.31. The van der Waals surface area contributed by atoms with Gasteiger partial charge in [-0.2, -0.15) is 0 Å². The van der Waals surface area contributed by atoms with Gasteiger partial charge in [0.15, 0.2) is 0 Å². The average Bonchev–Trinajstić information content (AvgIpc) is 2.84. The van der Waals surface area contributed by atoms with Crippen LogP contribution in [-0.4, -0.2) is 52.8 Å². The number of unbranched alkanes of at least 4 members (excludes halogenated alkanes) is 1. The van der Waals surface area contributed by atoms with Crippen molar-refractivity contribution in [3.05, 3.63) is 35.4 Å². The lowest BCUT2D eigenvalue weighted by atomic mass is 9.79. The molecule has 194 valence electrons. The number of carbonyl (C=O) groups is 2. The van der Waals surface area contributed by atoms with Gasteiger partial charge in [0.25, 0.3) is 0 Å². The van der Waals surface area contributed by atoms with Crippen LogP contribution in [0.5, 0.6) is 0 Å². The van der Waals surface area contributed by atoms with Crippen LogP contribution in [0, 0.1) is 5.92 Å². The van der Waals surface area contributed by atoms with Gasteiger partial charge in [0.05, 0.1) is 0 Å². The predicted molar refractivity (Wildman–Crippen MR) is 141 cm³/mol. The molecule has 3 N–H and O–H groups in total. The summed E-state index contributed by atoms with van der Waals surface area (Å²) in [4.78, 5) is 31.7. The topological polar surface area (TPSA) is 78.7 Å². The highest BCUT2D eigenvalue weighted by Gasteiger charge is 2.53. The molecule has 1 atom stereocenters. The van der Waals surface area contributed by atoms with Gasteiger partial charge in [-0.1, -0.05) is 69.7 Å². The number of rotatable bonds is 8. The fourth-order valence-electron chi connectivity index (χ4n) is 6.31. The molecular weight excluding hydrogens is 436 g/mol. The molecule has 3 fully saturated rings. The summed E-state index contributed by atoms with van der Waals surface area (Å²) in [6, 6.07) is 8.22. The summed E-state index contributed by atoms with van der Waals surface area (Å²) in [6.07, 6.45) is 10.4. The molecule has 0 radical (unpaired) electrons. The van der Waals surface area contributed by atoms with Gasteiger partial charge < -0.3 is 16.0 Å². The number of hydrogen-bond donors (Lipinski definition) is 2. The van der Waals surface area contributed by atoms with Crippen molar-refractivity contribution >= 4 is 11.8 Å². The largest absolute Gasteiger partial charge is 0.342 e. The Hall–Kier alpha value is -1.92. The van der Waals surface area contributed by atoms with Crippen LogP contribution in [0.4, 0.5) is 0 Å². The van der Waals surface area contributed by atoms with E-state index in [0.717, 1.165) is 44.5 Å². The van der Waals surface area contributed by atoms with E-state index in [1.165, 1.54) is 37.7 Å². The van der Waals surface area contributed by atoms with E-state index >= 15 is 0 Å².